The average Bonchev–Trinajstić information content (AvgIpc) is 2.91. The first-order chi connectivity index (χ1) is 10.6. The maximum atomic E-state index is 12.1. The number of nitrogens with one attached hydrogen (secondary N) is 2. The van der Waals surface area contributed by atoms with Crippen molar-refractivity contribution >= 4 is 33.1 Å². The van der Waals surface area contributed by atoms with Gasteiger partial charge in [-0.3, -0.25) is 4.98 Å². The van der Waals surface area contributed by atoms with Gasteiger partial charge in [-0.15, -0.1) is 11.3 Å². The van der Waals surface area contributed by atoms with Gasteiger partial charge in [-0.05, 0) is 32.4 Å². The van der Waals surface area contributed by atoms with Crippen LogP contribution in [0.1, 0.15) is 24.3 Å². The van der Waals surface area contributed by atoms with E-state index in [2.05, 4.69) is 15.3 Å². The number of hydrogen-bond acceptors (Lipinski definition) is 7. The molecule has 2 aromatic heterocycles. The SMILES string of the molecule is Cc1cnccc1NC(=O)NS(=O)(=O)c1ncc(C(C)(C)O)s1. The lowest BCUT2D eigenvalue weighted by Gasteiger charge is -2.13. The fourth-order valence-corrected chi connectivity index (χ4v) is 3.65. The van der Waals surface area contributed by atoms with Crippen molar-refractivity contribution in [3.05, 3.63) is 35.1 Å². The van der Waals surface area contributed by atoms with E-state index in [1.165, 1.54) is 26.2 Å². The van der Waals surface area contributed by atoms with E-state index in [-0.39, 0.29) is 4.34 Å². The minimum Gasteiger partial charge on any atom is -0.385 e. The molecule has 0 radical (unpaired) electrons. The molecule has 23 heavy (non-hydrogen) atoms. The van der Waals surface area contributed by atoms with Gasteiger partial charge in [0, 0.05) is 24.3 Å². The minimum atomic E-state index is -4.11. The van der Waals surface area contributed by atoms with Crippen LogP contribution in [-0.2, 0) is 15.6 Å². The van der Waals surface area contributed by atoms with Crippen LogP contribution in [0, 0.1) is 6.92 Å². The summed E-state index contributed by atoms with van der Waals surface area (Å²) in [5.74, 6) is 0. The molecule has 0 saturated carbocycles. The number of anilines is 1. The van der Waals surface area contributed by atoms with Crippen molar-refractivity contribution in [3.8, 4) is 0 Å². The van der Waals surface area contributed by atoms with Gasteiger partial charge in [0.15, 0.2) is 0 Å². The Balaban J connectivity index is 2.13. The Bertz CT molecular complexity index is 824. The zero-order chi connectivity index (χ0) is 17.3. The van der Waals surface area contributed by atoms with E-state index >= 15 is 0 Å². The van der Waals surface area contributed by atoms with Crippen LogP contribution < -0.4 is 10.0 Å². The first-order valence-electron chi connectivity index (χ1n) is 6.53. The highest BCUT2D eigenvalue weighted by Gasteiger charge is 2.26. The molecule has 2 aromatic rings. The van der Waals surface area contributed by atoms with Crippen molar-refractivity contribution in [1.29, 1.82) is 0 Å². The summed E-state index contributed by atoms with van der Waals surface area (Å²) in [6.07, 6.45) is 4.29. The number of pyridine rings is 1. The predicted molar refractivity (Wildman–Crippen MR) is 85.7 cm³/mol. The summed E-state index contributed by atoms with van der Waals surface area (Å²) in [5, 5.41) is 12.3. The zero-order valence-electron chi connectivity index (χ0n) is 12.7. The van der Waals surface area contributed by atoms with Gasteiger partial charge >= 0.3 is 6.03 Å². The fourth-order valence-electron chi connectivity index (χ4n) is 1.59. The zero-order valence-corrected chi connectivity index (χ0v) is 14.3. The van der Waals surface area contributed by atoms with E-state index in [0.717, 1.165) is 11.3 Å². The van der Waals surface area contributed by atoms with Gasteiger partial charge in [0.25, 0.3) is 10.0 Å². The van der Waals surface area contributed by atoms with Crippen LogP contribution in [0.15, 0.2) is 29.0 Å². The van der Waals surface area contributed by atoms with Crippen LogP contribution in [0.2, 0.25) is 0 Å². The second-order valence-corrected chi connectivity index (χ2v) is 8.19. The van der Waals surface area contributed by atoms with Crippen LogP contribution in [-0.4, -0.2) is 29.5 Å². The first kappa shape index (κ1) is 17.3. The van der Waals surface area contributed by atoms with Crippen molar-refractivity contribution in [1.82, 2.24) is 14.7 Å². The third-order valence-corrected chi connectivity index (χ3v) is 5.85. The Hall–Kier alpha value is -2.04. The van der Waals surface area contributed by atoms with Gasteiger partial charge in [-0.25, -0.2) is 14.5 Å². The molecular weight excluding hydrogens is 340 g/mol. The minimum absolute atomic E-state index is 0.295. The summed E-state index contributed by atoms with van der Waals surface area (Å²) in [4.78, 5) is 19.9. The molecular formula is C13H16N4O4S2. The van der Waals surface area contributed by atoms with Crippen LogP contribution in [0.4, 0.5) is 10.5 Å². The van der Waals surface area contributed by atoms with E-state index in [4.69, 9.17) is 0 Å². The number of hydrogen-bond donors (Lipinski definition) is 3. The summed E-state index contributed by atoms with van der Waals surface area (Å²) >= 11 is 0.797. The molecule has 0 unspecified atom stereocenters. The highest BCUT2D eigenvalue weighted by Crippen LogP contribution is 2.27. The number of urea groups is 1. The van der Waals surface area contributed by atoms with Crippen LogP contribution in [0.25, 0.3) is 0 Å². The molecule has 0 atom stereocenters. The van der Waals surface area contributed by atoms with Gasteiger partial charge < -0.3 is 10.4 Å². The van der Waals surface area contributed by atoms with E-state index in [0.29, 0.717) is 16.1 Å². The molecule has 0 spiro atoms. The van der Waals surface area contributed by atoms with Gasteiger partial charge in [0.2, 0.25) is 4.34 Å². The van der Waals surface area contributed by atoms with E-state index in [9.17, 15) is 18.3 Å². The summed E-state index contributed by atoms with van der Waals surface area (Å²) in [6, 6.07) is 0.649. The number of carbonyl (C=O) groups is 1. The normalized spacial score (nSPS) is 12.0. The van der Waals surface area contributed by atoms with Gasteiger partial charge in [0.05, 0.1) is 10.5 Å². The fraction of sp³-hybridized carbons (Fsp3) is 0.308. The molecule has 124 valence electrons. The van der Waals surface area contributed by atoms with Crippen LogP contribution in [0.3, 0.4) is 0 Å². The Kier molecular flexibility index (Phi) is 4.68. The molecule has 0 bridgehead atoms. The van der Waals surface area contributed by atoms with E-state index in [1.54, 1.807) is 19.2 Å². The van der Waals surface area contributed by atoms with Gasteiger partial charge in [0.1, 0.15) is 0 Å². The highest BCUT2D eigenvalue weighted by molar-refractivity contribution is 7.92. The molecule has 0 aromatic carbocycles. The molecule has 0 aliphatic rings. The maximum absolute atomic E-state index is 12.1. The topological polar surface area (TPSA) is 121 Å². The van der Waals surface area contributed by atoms with Crippen molar-refractivity contribution in [2.45, 2.75) is 30.7 Å². The number of amides is 2. The Labute approximate surface area is 137 Å². The molecule has 10 heteroatoms. The number of sulfonamides is 1. The Morgan fingerprint density at radius 2 is 2.04 bits per heavy atom. The maximum Gasteiger partial charge on any atom is 0.333 e. The molecule has 2 rings (SSSR count). The molecule has 2 heterocycles. The largest absolute Gasteiger partial charge is 0.385 e. The third kappa shape index (κ3) is 4.24. The van der Waals surface area contributed by atoms with Gasteiger partial charge in [-0.2, -0.15) is 8.42 Å². The molecule has 0 fully saturated rings. The summed E-state index contributed by atoms with van der Waals surface area (Å²) in [6.45, 7) is 4.76. The smallest absolute Gasteiger partial charge is 0.333 e. The standard InChI is InChI=1S/C13H16N4O4S2/c1-8-6-14-5-4-9(8)16-11(18)17-23(20,21)12-15-7-10(22-12)13(2,3)19/h4-7,19H,1-3H3,(H2,14,16,17,18). The second kappa shape index (κ2) is 6.22. The first-order valence-corrected chi connectivity index (χ1v) is 8.82. The average molecular weight is 356 g/mol. The Morgan fingerprint density at radius 1 is 1.35 bits per heavy atom. The quantitative estimate of drug-likeness (QED) is 0.765. The van der Waals surface area contributed by atoms with Crippen molar-refractivity contribution in [2.75, 3.05) is 5.32 Å². The molecule has 2 amide bonds. The molecule has 3 N–H and O–H groups in total. The summed E-state index contributed by atoms with van der Waals surface area (Å²) in [7, 11) is -4.11. The number of aliphatic hydroxyl groups is 1. The number of aryl methyl sites for hydroxylation is 1. The summed E-state index contributed by atoms with van der Waals surface area (Å²) < 4.78 is 25.9. The lowest BCUT2D eigenvalue weighted by molar-refractivity contribution is 0.0823. The monoisotopic (exact) mass is 356 g/mol. The van der Waals surface area contributed by atoms with E-state index in [1.807, 2.05) is 4.72 Å². The molecule has 0 aliphatic carbocycles. The van der Waals surface area contributed by atoms with Crippen LogP contribution in [0.5, 0.6) is 0 Å². The number of rotatable bonds is 4. The lowest BCUT2D eigenvalue weighted by Crippen LogP contribution is -2.34. The molecule has 0 aliphatic heterocycles. The summed E-state index contributed by atoms with van der Waals surface area (Å²) in [5.41, 5.74) is -0.0652. The predicted octanol–water partition coefficient (Wildman–Crippen LogP) is 1.58. The Morgan fingerprint density at radius 3 is 2.61 bits per heavy atom. The molecule has 8 nitrogen and oxygen atoms in total. The highest BCUT2D eigenvalue weighted by atomic mass is 32.2. The number of nitrogens with zero attached hydrogens (tertiary/aromatic N) is 2. The third-order valence-electron chi connectivity index (χ3n) is 2.81. The van der Waals surface area contributed by atoms with Gasteiger partial charge in [-0.1, -0.05) is 0 Å². The van der Waals surface area contributed by atoms with Crippen molar-refractivity contribution in [2.24, 2.45) is 0 Å². The molecule has 0 saturated heterocycles. The van der Waals surface area contributed by atoms with Crippen molar-refractivity contribution < 1.29 is 18.3 Å². The van der Waals surface area contributed by atoms with E-state index < -0.39 is 21.7 Å². The lowest BCUT2D eigenvalue weighted by atomic mass is 10.1. The van der Waals surface area contributed by atoms with Crippen molar-refractivity contribution in [3.63, 3.8) is 0 Å². The van der Waals surface area contributed by atoms with Crippen LogP contribution >= 0.6 is 11.3 Å². The number of carbonyl (C=O) groups excluding carboxylic acids is 1. The number of aromatic nitrogens is 2. The number of thiazole rings is 1. The second-order valence-electron chi connectivity index (χ2n) is 5.30.